The van der Waals surface area contributed by atoms with E-state index in [0.29, 0.717) is 86.4 Å². The SMILES string of the molecule is CC[C@@H]1C(=O)N(C)c2cnc(Nc3ccc(C(=O)NC4(CO)CCN(C(=O)CCC5CCN(c6ccc7c(c6)C(=O)N(C6CCC(=O)NC6=O)C7=O)CC5)CC4)cc3OC)nc2N1C1CCCC1. The van der Waals surface area contributed by atoms with Crippen molar-refractivity contribution in [2.45, 2.75) is 114 Å². The molecule has 4 fully saturated rings. The van der Waals surface area contributed by atoms with E-state index < -0.39 is 35.2 Å². The number of ether oxygens (including phenoxy) is 1. The Balaban J connectivity index is 0.755. The lowest BCUT2D eigenvalue weighted by Crippen LogP contribution is -2.58. The predicted octanol–water partition coefficient (Wildman–Crippen LogP) is 3.91. The molecule has 1 unspecified atom stereocenters. The smallest absolute Gasteiger partial charge is 0.262 e. The number of anilines is 5. The largest absolute Gasteiger partial charge is 0.495 e. The van der Waals surface area contributed by atoms with Crippen LogP contribution in [-0.4, -0.2) is 137 Å². The second-order valence-corrected chi connectivity index (χ2v) is 19.0. The number of likely N-dealkylation sites (N-methyl/N-ethyl adjacent to an activating group) is 1. The summed E-state index contributed by atoms with van der Waals surface area (Å²) in [5.74, 6) is -0.641. The molecule has 2 aromatic carbocycles. The molecule has 7 amide bonds. The Morgan fingerprint density at radius 3 is 2.35 bits per heavy atom. The number of aliphatic hydroxyl groups excluding tert-OH is 1. The number of hydrogen-bond donors (Lipinski definition) is 4. The van der Waals surface area contributed by atoms with Crippen LogP contribution in [0, 0.1) is 5.92 Å². The van der Waals surface area contributed by atoms with Crippen LogP contribution in [0.3, 0.4) is 0 Å². The Morgan fingerprint density at radius 1 is 0.926 bits per heavy atom. The first kappa shape index (κ1) is 46.5. The molecule has 0 bridgehead atoms. The van der Waals surface area contributed by atoms with Gasteiger partial charge in [-0.2, -0.15) is 4.98 Å². The normalized spacial score (nSPS) is 22.1. The van der Waals surface area contributed by atoms with E-state index in [-0.39, 0.29) is 60.4 Å². The van der Waals surface area contributed by atoms with Gasteiger partial charge in [0.05, 0.1) is 42.3 Å². The van der Waals surface area contributed by atoms with Crippen LogP contribution >= 0.6 is 0 Å². The lowest BCUT2D eigenvalue weighted by Gasteiger charge is -2.43. The van der Waals surface area contributed by atoms with Gasteiger partial charge in [0.1, 0.15) is 23.5 Å². The van der Waals surface area contributed by atoms with Gasteiger partial charge >= 0.3 is 0 Å². The molecular formula is C49H60N10O9. The number of piperidine rings is 3. The fourth-order valence-electron chi connectivity index (χ4n) is 10.9. The molecule has 68 heavy (non-hydrogen) atoms. The number of methoxy groups -OCH3 is 1. The number of likely N-dealkylation sites (tertiary alicyclic amines) is 1. The van der Waals surface area contributed by atoms with Crippen molar-refractivity contribution in [2.24, 2.45) is 5.92 Å². The highest BCUT2D eigenvalue weighted by Gasteiger charge is 2.46. The summed E-state index contributed by atoms with van der Waals surface area (Å²) in [6.07, 6.45) is 10.3. The highest BCUT2D eigenvalue weighted by molar-refractivity contribution is 6.23. The molecular weight excluding hydrogens is 873 g/mol. The summed E-state index contributed by atoms with van der Waals surface area (Å²) >= 11 is 0. The lowest BCUT2D eigenvalue weighted by atomic mass is 9.87. The number of nitrogens with zero attached hydrogens (tertiary/aromatic N) is 7. The van der Waals surface area contributed by atoms with Crippen molar-refractivity contribution in [1.82, 2.24) is 30.4 Å². The third-order valence-electron chi connectivity index (χ3n) is 15.0. The maximum Gasteiger partial charge on any atom is 0.262 e. The average Bonchev–Trinajstić information content (AvgIpc) is 3.98. The van der Waals surface area contributed by atoms with Crippen molar-refractivity contribution in [1.29, 1.82) is 0 Å². The molecule has 6 heterocycles. The van der Waals surface area contributed by atoms with Crippen LogP contribution in [0.25, 0.3) is 0 Å². The molecule has 1 saturated carbocycles. The van der Waals surface area contributed by atoms with Gasteiger partial charge in [0.25, 0.3) is 17.7 Å². The molecule has 5 aliphatic heterocycles. The molecule has 19 nitrogen and oxygen atoms in total. The number of imide groups is 2. The van der Waals surface area contributed by atoms with Crippen molar-refractivity contribution in [3.05, 3.63) is 59.3 Å². The maximum atomic E-state index is 13.7. The number of aromatic nitrogens is 2. The third kappa shape index (κ3) is 8.83. The number of nitrogens with one attached hydrogen (secondary N) is 3. The van der Waals surface area contributed by atoms with Crippen LogP contribution in [0.15, 0.2) is 42.6 Å². The summed E-state index contributed by atoms with van der Waals surface area (Å²) in [4.78, 5) is 109. The van der Waals surface area contributed by atoms with E-state index in [4.69, 9.17) is 9.72 Å². The minimum atomic E-state index is -1.01. The van der Waals surface area contributed by atoms with Crippen molar-refractivity contribution >= 4 is 70.2 Å². The Hall–Kier alpha value is -6.63. The number of rotatable bonds is 13. The fourth-order valence-corrected chi connectivity index (χ4v) is 10.9. The quantitative estimate of drug-likeness (QED) is 0.178. The zero-order valence-electron chi connectivity index (χ0n) is 38.9. The van der Waals surface area contributed by atoms with Gasteiger partial charge in [0, 0.05) is 63.4 Å². The number of aliphatic hydroxyl groups is 1. The Kier molecular flexibility index (Phi) is 13.1. The van der Waals surface area contributed by atoms with Crippen LogP contribution in [0.2, 0.25) is 0 Å². The van der Waals surface area contributed by atoms with Gasteiger partial charge in [-0.05, 0) is 100 Å². The molecule has 1 aromatic heterocycles. The second-order valence-electron chi connectivity index (χ2n) is 19.0. The topological polar surface area (TPSA) is 227 Å². The molecule has 2 atom stereocenters. The fraction of sp³-hybridized carbons (Fsp3) is 0.531. The molecule has 1 aliphatic carbocycles. The van der Waals surface area contributed by atoms with E-state index in [1.807, 2.05) is 17.9 Å². The number of hydrogen-bond acceptors (Lipinski definition) is 14. The molecule has 0 spiro atoms. The van der Waals surface area contributed by atoms with E-state index >= 15 is 0 Å². The van der Waals surface area contributed by atoms with Gasteiger partial charge in [-0.1, -0.05) is 19.8 Å². The standard InChI is InChI=1S/C49H60N10O9/c1-4-36-47(67)55(2)38-27-50-48(53-42(38)58(36)31-7-5-6-8-31)51-35-13-10-30(25-39(35)68-3)43(63)54-49(28-60)19-23-57(24-20-49)41(62)16-9-29-17-21-56(22-18-29)32-11-12-33-34(26-32)46(66)59(45(33)65)37-14-15-40(61)52-44(37)64/h10-13,25-27,29,31,36-37,60H,4-9,14-24,28H2,1-3H3,(H,54,63)(H,50,51,53)(H,52,61,64)/t36-,37?/m1/s1. The van der Waals surface area contributed by atoms with Gasteiger partial charge in [-0.15, -0.1) is 0 Å². The van der Waals surface area contributed by atoms with E-state index in [1.165, 1.54) is 7.11 Å². The molecule has 3 aromatic rings. The number of amides is 7. The van der Waals surface area contributed by atoms with Crippen molar-refractivity contribution < 1.29 is 43.4 Å². The summed E-state index contributed by atoms with van der Waals surface area (Å²) in [5, 5.41) is 19.1. The van der Waals surface area contributed by atoms with Gasteiger partial charge in [-0.3, -0.25) is 43.8 Å². The van der Waals surface area contributed by atoms with Crippen LogP contribution in [0.5, 0.6) is 5.75 Å². The lowest BCUT2D eigenvalue weighted by molar-refractivity contribution is -0.136. The first-order valence-electron chi connectivity index (χ1n) is 24.0. The molecule has 6 aliphatic rings. The van der Waals surface area contributed by atoms with Crippen LogP contribution in [0.1, 0.15) is 121 Å². The Morgan fingerprint density at radius 2 is 1.66 bits per heavy atom. The van der Waals surface area contributed by atoms with E-state index in [9.17, 15) is 38.7 Å². The number of carbonyl (C=O) groups excluding carboxylic acids is 7. The average molecular weight is 933 g/mol. The van der Waals surface area contributed by atoms with Gasteiger partial charge < -0.3 is 40.1 Å². The van der Waals surface area contributed by atoms with Gasteiger partial charge in [-0.25, -0.2) is 4.98 Å². The summed E-state index contributed by atoms with van der Waals surface area (Å²) < 4.78 is 5.71. The number of fused-ring (bicyclic) bond motifs is 2. The number of carbonyl (C=O) groups is 7. The summed E-state index contributed by atoms with van der Waals surface area (Å²) in [6.45, 7) is 3.97. The zero-order valence-corrected chi connectivity index (χ0v) is 38.9. The predicted molar refractivity (Wildman–Crippen MR) is 251 cm³/mol. The third-order valence-corrected chi connectivity index (χ3v) is 15.0. The molecule has 0 radical (unpaired) electrons. The highest BCUT2D eigenvalue weighted by Crippen LogP contribution is 2.41. The molecule has 3 saturated heterocycles. The van der Waals surface area contributed by atoms with Crippen molar-refractivity contribution in [2.75, 3.05) is 67.0 Å². The minimum absolute atomic E-state index is 0.0386. The second kappa shape index (κ2) is 19.2. The van der Waals surface area contributed by atoms with Gasteiger partial charge in [0.15, 0.2) is 5.82 Å². The first-order valence-corrected chi connectivity index (χ1v) is 24.0. The maximum absolute atomic E-state index is 13.7. The monoisotopic (exact) mass is 932 g/mol. The van der Waals surface area contributed by atoms with Crippen LogP contribution in [0.4, 0.5) is 28.8 Å². The van der Waals surface area contributed by atoms with Gasteiger partial charge in [0.2, 0.25) is 29.6 Å². The summed E-state index contributed by atoms with van der Waals surface area (Å²) in [5.41, 5.74) is 1.96. The summed E-state index contributed by atoms with van der Waals surface area (Å²) in [6, 6.07) is 9.10. The summed E-state index contributed by atoms with van der Waals surface area (Å²) in [7, 11) is 3.28. The van der Waals surface area contributed by atoms with E-state index in [1.54, 1.807) is 48.5 Å². The Labute approximate surface area is 394 Å². The first-order chi connectivity index (χ1) is 32.8. The van der Waals surface area contributed by atoms with E-state index in [0.717, 1.165) is 61.4 Å². The van der Waals surface area contributed by atoms with E-state index in [2.05, 4.69) is 30.7 Å². The molecule has 19 heteroatoms. The van der Waals surface area contributed by atoms with Crippen molar-refractivity contribution in [3.8, 4) is 5.75 Å². The molecule has 360 valence electrons. The van der Waals surface area contributed by atoms with Crippen LogP contribution < -0.4 is 35.4 Å². The molecule has 4 N–H and O–H groups in total. The molecule has 9 rings (SSSR count). The Bertz CT molecular complexity index is 2510. The zero-order chi connectivity index (χ0) is 47.9. The van der Waals surface area contributed by atoms with Crippen LogP contribution in [-0.2, 0) is 19.2 Å². The van der Waals surface area contributed by atoms with Crippen molar-refractivity contribution in [3.63, 3.8) is 0 Å². The number of benzene rings is 2. The highest BCUT2D eigenvalue weighted by atomic mass is 16.5. The minimum Gasteiger partial charge on any atom is -0.495 e.